The predicted octanol–water partition coefficient (Wildman–Crippen LogP) is 5.31. The smallest absolute Gasteiger partial charge is 0.124 e. The average molecular weight is 342 g/mol. The number of halogens is 1. The number of hydrogen-bond donors (Lipinski definition) is 1. The van der Waals surface area contributed by atoms with Crippen molar-refractivity contribution in [2.24, 2.45) is 17.1 Å². The van der Waals surface area contributed by atoms with Crippen LogP contribution in [0.2, 0.25) is 0 Å². The number of nitrogens with two attached hydrogens (primary N) is 1. The van der Waals surface area contributed by atoms with Crippen LogP contribution in [0.5, 0.6) is 5.75 Å². The molecule has 114 valence electrons. The number of hydrogen-bond acceptors (Lipinski definition) is 2. The first-order chi connectivity index (χ1) is 9.23. The SMILES string of the molecule is CCOc1ccc(Br)cc1C(N)CC(C)CC(C)(C)C. The third kappa shape index (κ3) is 5.84. The maximum absolute atomic E-state index is 6.41. The fourth-order valence-electron chi connectivity index (χ4n) is 2.79. The Bertz CT molecular complexity index is 425. The summed E-state index contributed by atoms with van der Waals surface area (Å²) in [5.41, 5.74) is 7.86. The van der Waals surface area contributed by atoms with Crippen LogP contribution in [0.1, 0.15) is 59.1 Å². The molecule has 2 atom stereocenters. The minimum absolute atomic E-state index is 0.0198. The molecule has 3 heteroatoms. The van der Waals surface area contributed by atoms with Gasteiger partial charge in [0, 0.05) is 16.1 Å². The summed E-state index contributed by atoms with van der Waals surface area (Å²) in [7, 11) is 0. The number of rotatable bonds is 6. The van der Waals surface area contributed by atoms with E-state index in [9.17, 15) is 0 Å². The van der Waals surface area contributed by atoms with Crippen LogP contribution in [0.15, 0.2) is 22.7 Å². The molecule has 0 amide bonds. The molecular formula is C17H28BrNO. The van der Waals surface area contributed by atoms with Gasteiger partial charge in [0.25, 0.3) is 0 Å². The van der Waals surface area contributed by atoms with E-state index in [1.807, 2.05) is 19.1 Å². The summed E-state index contributed by atoms with van der Waals surface area (Å²) < 4.78 is 6.75. The van der Waals surface area contributed by atoms with Gasteiger partial charge in [0.05, 0.1) is 6.61 Å². The normalized spacial score (nSPS) is 14.9. The van der Waals surface area contributed by atoms with Crippen molar-refractivity contribution in [3.63, 3.8) is 0 Å². The van der Waals surface area contributed by atoms with Crippen molar-refractivity contribution < 1.29 is 4.74 Å². The topological polar surface area (TPSA) is 35.2 Å². The van der Waals surface area contributed by atoms with Crippen molar-refractivity contribution in [3.05, 3.63) is 28.2 Å². The molecule has 20 heavy (non-hydrogen) atoms. The zero-order valence-corrected chi connectivity index (χ0v) is 15.0. The van der Waals surface area contributed by atoms with Gasteiger partial charge in [-0.25, -0.2) is 0 Å². The van der Waals surface area contributed by atoms with Crippen LogP contribution in [-0.4, -0.2) is 6.61 Å². The standard InChI is InChI=1S/C17H28BrNO/c1-6-20-16-8-7-13(18)10-14(16)15(19)9-12(2)11-17(3,4)5/h7-8,10,12,15H,6,9,11,19H2,1-5H3. The van der Waals surface area contributed by atoms with Gasteiger partial charge in [-0.05, 0) is 49.3 Å². The van der Waals surface area contributed by atoms with Crippen LogP contribution in [0.25, 0.3) is 0 Å². The van der Waals surface area contributed by atoms with E-state index in [1.54, 1.807) is 0 Å². The van der Waals surface area contributed by atoms with Gasteiger partial charge in [-0.3, -0.25) is 0 Å². The molecule has 0 aromatic heterocycles. The highest BCUT2D eigenvalue weighted by molar-refractivity contribution is 9.10. The molecule has 2 unspecified atom stereocenters. The second-order valence-electron chi connectivity index (χ2n) is 6.83. The highest BCUT2D eigenvalue weighted by Gasteiger charge is 2.20. The minimum Gasteiger partial charge on any atom is -0.494 e. The Balaban J connectivity index is 2.80. The Labute approximate surface area is 132 Å². The molecule has 1 aromatic carbocycles. The second kappa shape index (κ2) is 7.46. The van der Waals surface area contributed by atoms with Crippen molar-refractivity contribution in [2.75, 3.05) is 6.61 Å². The molecule has 1 rings (SSSR count). The van der Waals surface area contributed by atoms with E-state index in [1.165, 1.54) is 6.42 Å². The van der Waals surface area contributed by atoms with Crippen LogP contribution in [0.4, 0.5) is 0 Å². The van der Waals surface area contributed by atoms with Gasteiger partial charge in [-0.1, -0.05) is 43.6 Å². The van der Waals surface area contributed by atoms with Gasteiger partial charge in [-0.15, -0.1) is 0 Å². The van der Waals surface area contributed by atoms with E-state index in [0.29, 0.717) is 17.9 Å². The zero-order valence-electron chi connectivity index (χ0n) is 13.4. The maximum Gasteiger partial charge on any atom is 0.124 e. The molecule has 2 nitrogen and oxygen atoms in total. The van der Waals surface area contributed by atoms with Gasteiger partial charge < -0.3 is 10.5 Å². The summed E-state index contributed by atoms with van der Waals surface area (Å²) in [5.74, 6) is 1.50. The summed E-state index contributed by atoms with van der Waals surface area (Å²) in [6.07, 6.45) is 2.16. The molecule has 0 bridgehead atoms. The Morgan fingerprint density at radius 3 is 2.50 bits per heavy atom. The van der Waals surface area contributed by atoms with Gasteiger partial charge in [0.1, 0.15) is 5.75 Å². The lowest BCUT2D eigenvalue weighted by molar-refractivity contribution is 0.283. The van der Waals surface area contributed by atoms with Crippen molar-refractivity contribution in [1.82, 2.24) is 0 Å². The van der Waals surface area contributed by atoms with E-state index in [2.05, 4.69) is 49.7 Å². The average Bonchev–Trinajstić information content (AvgIpc) is 2.29. The fraction of sp³-hybridized carbons (Fsp3) is 0.647. The van der Waals surface area contributed by atoms with E-state index < -0.39 is 0 Å². The van der Waals surface area contributed by atoms with Crippen molar-refractivity contribution in [2.45, 2.75) is 53.5 Å². The highest BCUT2D eigenvalue weighted by atomic mass is 79.9. The largest absolute Gasteiger partial charge is 0.494 e. The first kappa shape index (κ1) is 17.5. The first-order valence-electron chi connectivity index (χ1n) is 7.40. The first-order valence-corrected chi connectivity index (χ1v) is 8.20. The molecule has 0 aliphatic rings. The summed E-state index contributed by atoms with van der Waals surface area (Å²) >= 11 is 3.52. The molecule has 1 aromatic rings. The lowest BCUT2D eigenvalue weighted by Gasteiger charge is -2.26. The molecular weight excluding hydrogens is 314 g/mol. The van der Waals surface area contributed by atoms with Gasteiger partial charge in [0.2, 0.25) is 0 Å². The molecule has 0 heterocycles. The van der Waals surface area contributed by atoms with Crippen LogP contribution in [0.3, 0.4) is 0 Å². The predicted molar refractivity (Wildman–Crippen MR) is 90.1 cm³/mol. The Morgan fingerprint density at radius 1 is 1.30 bits per heavy atom. The summed E-state index contributed by atoms with van der Waals surface area (Å²) in [4.78, 5) is 0. The van der Waals surface area contributed by atoms with Gasteiger partial charge in [0.15, 0.2) is 0 Å². The highest BCUT2D eigenvalue weighted by Crippen LogP contribution is 2.34. The monoisotopic (exact) mass is 341 g/mol. The molecule has 0 aliphatic heterocycles. The third-order valence-corrected chi connectivity index (χ3v) is 3.78. The Kier molecular flexibility index (Phi) is 6.53. The van der Waals surface area contributed by atoms with Crippen LogP contribution in [0, 0.1) is 11.3 Å². The van der Waals surface area contributed by atoms with Crippen LogP contribution < -0.4 is 10.5 Å². The molecule has 0 spiro atoms. The van der Waals surface area contributed by atoms with Gasteiger partial charge >= 0.3 is 0 Å². The minimum atomic E-state index is 0.0198. The van der Waals surface area contributed by atoms with Crippen LogP contribution >= 0.6 is 15.9 Å². The summed E-state index contributed by atoms with van der Waals surface area (Å²) in [5, 5.41) is 0. The lowest BCUT2D eigenvalue weighted by atomic mass is 9.82. The number of ether oxygens (including phenoxy) is 1. The molecule has 0 aliphatic carbocycles. The van der Waals surface area contributed by atoms with Gasteiger partial charge in [-0.2, -0.15) is 0 Å². The van der Waals surface area contributed by atoms with Crippen molar-refractivity contribution in [3.8, 4) is 5.75 Å². The Hall–Kier alpha value is -0.540. The molecule has 0 saturated heterocycles. The third-order valence-electron chi connectivity index (χ3n) is 3.29. The summed E-state index contributed by atoms with van der Waals surface area (Å²) in [6, 6.07) is 6.10. The van der Waals surface area contributed by atoms with E-state index in [4.69, 9.17) is 10.5 Å². The maximum atomic E-state index is 6.41. The van der Waals surface area contributed by atoms with Crippen LogP contribution in [-0.2, 0) is 0 Å². The second-order valence-corrected chi connectivity index (χ2v) is 7.74. The molecule has 2 N–H and O–H groups in total. The fourth-order valence-corrected chi connectivity index (χ4v) is 3.16. The molecule has 0 saturated carbocycles. The van der Waals surface area contributed by atoms with E-state index >= 15 is 0 Å². The van der Waals surface area contributed by atoms with E-state index in [0.717, 1.165) is 22.2 Å². The Morgan fingerprint density at radius 2 is 1.95 bits per heavy atom. The molecule has 0 radical (unpaired) electrons. The molecule has 0 fully saturated rings. The van der Waals surface area contributed by atoms with Crippen molar-refractivity contribution in [1.29, 1.82) is 0 Å². The van der Waals surface area contributed by atoms with E-state index in [-0.39, 0.29) is 6.04 Å². The van der Waals surface area contributed by atoms with Crippen molar-refractivity contribution >= 4 is 15.9 Å². The number of benzene rings is 1. The summed E-state index contributed by atoms with van der Waals surface area (Å²) in [6.45, 7) is 11.8. The quantitative estimate of drug-likeness (QED) is 0.760. The lowest BCUT2D eigenvalue weighted by Crippen LogP contribution is -2.19. The zero-order chi connectivity index (χ0) is 15.3.